The molecule has 0 unspecified atom stereocenters. The number of hydrogen-bond acceptors (Lipinski definition) is 3. The third-order valence-corrected chi connectivity index (χ3v) is 6.02. The van der Waals surface area contributed by atoms with Gasteiger partial charge in [0.25, 0.3) is 11.8 Å². The molecule has 4 rings (SSSR count). The van der Waals surface area contributed by atoms with Gasteiger partial charge in [-0.25, -0.2) is 0 Å². The van der Waals surface area contributed by atoms with E-state index in [1.54, 1.807) is 31.3 Å². The summed E-state index contributed by atoms with van der Waals surface area (Å²) in [6.45, 7) is 1.56. The van der Waals surface area contributed by atoms with Crippen molar-refractivity contribution >= 4 is 41.8 Å². The summed E-state index contributed by atoms with van der Waals surface area (Å²) in [4.78, 5) is 30.5. The fourth-order valence-corrected chi connectivity index (χ4v) is 4.16. The molecular weight excluding hydrogens is 491 g/mol. The first kappa shape index (κ1) is 22.3. The van der Waals surface area contributed by atoms with Gasteiger partial charge in [-0.3, -0.25) is 19.5 Å². The fourth-order valence-electron chi connectivity index (χ4n) is 4.16. The van der Waals surface area contributed by atoms with Gasteiger partial charge in [0, 0.05) is 32.1 Å². The van der Waals surface area contributed by atoms with Gasteiger partial charge in [-0.05, 0) is 30.5 Å². The lowest BCUT2D eigenvalue weighted by Crippen LogP contribution is -2.50. The molecule has 0 radical (unpaired) electrons. The molecule has 0 saturated heterocycles. The van der Waals surface area contributed by atoms with Crippen LogP contribution >= 0.6 is 24.0 Å². The number of nitrogens with zero attached hydrogens (tertiary/aromatic N) is 2. The summed E-state index contributed by atoms with van der Waals surface area (Å²) in [7, 11) is 1.73. The highest BCUT2D eigenvalue weighted by Gasteiger charge is 2.38. The summed E-state index contributed by atoms with van der Waals surface area (Å²) in [5, 5.41) is 6.66. The quantitative estimate of drug-likeness (QED) is 0.267. The van der Waals surface area contributed by atoms with Crippen LogP contribution in [-0.4, -0.2) is 49.4 Å². The van der Waals surface area contributed by atoms with Crippen molar-refractivity contribution in [2.45, 2.75) is 24.7 Å². The molecule has 2 N–H and O–H groups in total. The molecule has 0 atom stereocenters. The predicted octanol–water partition coefficient (Wildman–Crippen LogP) is 3.19. The predicted molar refractivity (Wildman–Crippen MR) is 129 cm³/mol. The Balaban J connectivity index is 0.00000256. The summed E-state index contributed by atoms with van der Waals surface area (Å²) >= 11 is 0. The van der Waals surface area contributed by atoms with Crippen LogP contribution in [0.2, 0.25) is 0 Å². The van der Waals surface area contributed by atoms with E-state index in [1.807, 2.05) is 6.07 Å². The molecule has 2 aromatic carbocycles. The molecule has 6 nitrogen and oxygen atoms in total. The number of halogens is 1. The van der Waals surface area contributed by atoms with Crippen LogP contribution in [0.5, 0.6) is 0 Å². The molecule has 1 fully saturated rings. The van der Waals surface area contributed by atoms with Gasteiger partial charge in [-0.2, -0.15) is 0 Å². The van der Waals surface area contributed by atoms with Gasteiger partial charge in [-0.15, -0.1) is 24.0 Å². The van der Waals surface area contributed by atoms with Gasteiger partial charge in [0.1, 0.15) is 0 Å². The molecule has 1 aliphatic carbocycles. The van der Waals surface area contributed by atoms with Gasteiger partial charge >= 0.3 is 0 Å². The number of amides is 2. The van der Waals surface area contributed by atoms with Crippen molar-refractivity contribution in [1.82, 2.24) is 15.5 Å². The number of nitrogens with one attached hydrogen (secondary N) is 2. The summed E-state index contributed by atoms with van der Waals surface area (Å²) in [6, 6.07) is 17.6. The molecule has 1 aliphatic heterocycles. The minimum absolute atomic E-state index is 0. The van der Waals surface area contributed by atoms with E-state index in [9.17, 15) is 9.59 Å². The Morgan fingerprint density at radius 3 is 2.10 bits per heavy atom. The smallest absolute Gasteiger partial charge is 0.261 e. The zero-order valence-corrected chi connectivity index (χ0v) is 19.4. The van der Waals surface area contributed by atoms with E-state index in [0.29, 0.717) is 30.2 Å². The van der Waals surface area contributed by atoms with Crippen molar-refractivity contribution in [1.29, 1.82) is 0 Å². The van der Waals surface area contributed by atoms with E-state index in [4.69, 9.17) is 0 Å². The van der Waals surface area contributed by atoms with Crippen LogP contribution in [0, 0.1) is 0 Å². The second kappa shape index (κ2) is 9.59. The molecule has 2 amide bonds. The Morgan fingerprint density at radius 1 is 0.967 bits per heavy atom. The van der Waals surface area contributed by atoms with Crippen LogP contribution in [-0.2, 0) is 5.41 Å². The lowest BCUT2D eigenvalue weighted by molar-refractivity contribution is 0.0657. The molecule has 1 heterocycles. The lowest BCUT2D eigenvalue weighted by Gasteiger charge is -2.43. The molecule has 0 bridgehead atoms. The van der Waals surface area contributed by atoms with Crippen LogP contribution in [0.4, 0.5) is 0 Å². The van der Waals surface area contributed by atoms with Crippen LogP contribution < -0.4 is 10.6 Å². The van der Waals surface area contributed by atoms with Crippen LogP contribution in [0.15, 0.2) is 59.6 Å². The van der Waals surface area contributed by atoms with E-state index in [2.05, 4.69) is 39.9 Å². The Hall–Kier alpha value is -2.42. The lowest BCUT2D eigenvalue weighted by atomic mass is 9.64. The Bertz CT molecular complexity index is 906. The number of carbonyl (C=O) groups excluding carboxylic acids is 2. The second-order valence-corrected chi connectivity index (χ2v) is 7.66. The summed E-state index contributed by atoms with van der Waals surface area (Å²) < 4.78 is 0. The van der Waals surface area contributed by atoms with E-state index in [0.717, 1.165) is 19.4 Å². The third-order valence-electron chi connectivity index (χ3n) is 6.02. The average molecular weight is 518 g/mol. The number of benzene rings is 2. The second-order valence-electron chi connectivity index (χ2n) is 7.66. The topological polar surface area (TPSA) is 73.8 Å². The number of guanidine groups is 1. The van der Waals surface area contributed by atoms with Crippen molar-refractivity contribution in [2.24, 2.45) is 4.99 Å². The number of fused-ring (bicyclic) bond motifs is 1. The van der Waals surface area contributed by atoms with Crippen molar-refractivity contribution in [3.05, 3.63) is 71.3 Å². The number of hydrogen-bond donors (Lipinski definition) is 2. The van der Waals surface area contributed by atoms with Gasteiger partial charge in [0.15, 0.2) is 5.96 Å². The van der Waals surface area contributed by atoms with E-state index in [1.165, 1.54) is 16.9 Å². The normalized spacial score (nSPS) is 17.1. The Labute approximate surface area is 194 Å². The van der Waals surface area contributed by atoms with Crippen molar-refractivity contribution in [2.75, 3.05) is 26.7 Å². The zero-order valence-electron chi connectivity index (χ0n) is 17.1. The SMILES string of the molecule is CN=C(NCCN1C(=O)c2ccccc2C1=O)NCC1(c2ccccc2)CCC1.I. The van der Waals surface area contributed by atoms with Crippen molar-refractivity contribution in [3.8, 4) is 0 Å². The minimum atomic E-state index is -0.229. The monoisotopic (exact) mass is 518 g/mol. The maximum atomic E-state index is 12.4. The fraction of sp³-hybridized carbons (Fsp3) is 0.348. The molecule has 0 spiro atoms. The van der Waals surface area contributed by atoms with Crippen LogP contribution in [0.25, 0.3) is 0 Å². The zero-order chi connectivity index (χ0) is 20.3. The third kappa shape index (κ3) is 4.21. The number of imide groups is 1. The van der Waals surface area contributed by atoms with Gasteiger partial charge in [0.2, 0.25) is 0 Å². The molecule has 7 heteroatoms. The highest BCUT2D eigenvalue weighted by atomic mass is 127. The van der Waals surface area contributed by atoms with Gasteiger partial charge in [-0.1, -0.05) is 48.9 Å². The first-order valence-corrected chi connectivity index (χ1v) is 10.1. The summed E-state index contributed by atoms with van der Waals surface area (Å²) in [5.41, 5.74) is 2.48. The molecule has 1 saturated carbocycles. The molecule has 0 aromatic heterocycles. The standard InChI is InChI=1S/C23H26N4O2.HI/c1-24-22(26-16-23(12-7-13-23)17-8-3-2-4-9-17)25-14-15-27-20(28)18-10-5-6-11-19(18)21(27)29;/h2-6,8-11H,7,12-16H2,1H3,(H2,24,25,26);1H. The molecular formula is C23H27IN4O2. The van der Waals surface area contributed by atoms with Crippen molar-refractivity contribution < 1.29 is 9.59 Å². The maximum Gasteiger partial charge on any atom is 0.261 e. The highest BCUT2D eigenvalue weighted by molar-refractivity contribution is 14.0. The highest BCUT2D eigenvalue weighted by Crippen LogP contribution is 2.43. The Kier molecular flexibility index (Phi) is 7.12. The number of rotatable bonds is 6. The number of aliphatic imine (C=N–C) groups is 1. The average Bonchev–Trinajstić information content (AvgIpc) is 2.97. The minimum Gasteiger partial charge on any atom is -0.356 e. The largest absolute Gasteiger partial charge is 0.356 e. The molecule has 158 valence electrons. The summed E-state index contributed by atoms with van der Waals surface area (Å²) in [6.07, 6.45) is 3.56. The number of carbonyl (C=O) groups is 2. The maximum absolute atomic E-state index is 12.4. The first-order chi connectivity index (χ1) is 14.1. The summed E-state index contributed by atoms with van der Waals surface area (Å²) in [5.74, 6) is 0.226. The first-order valence-electron chi connectivity index (χ1n) is 10.1. The Morgan fingerprint density at radius 2 is 1.57 bits per heavy atom. The van der Waals surface area contributed by atoms with Crippen LogP contribution in [0.1, 0.15) is 45.5 Å². The van der Waals surface area contributed by atoms with Gasteiger partial charge in [0.05, 0.1) is 11.1 Å². The van der Waals surface area contributed by atoms with Crippen molar-refractivity contribution in [3.63, 3.8) is 0 Å². The molecule has 30 heavy (non-hydrogen) atoms. The molecule has 2 aliphatic rings. The van der Waals surface area contributed by atoms with E-state index < -0.39 is 0 Å². The van der Waals surface area contributed by atoms with E-state index in [-0.39, 0.29) is 41.2 Å². The van der Waals surface area contributed by atoms with Crippen LogP contribution in [0.3, 0.4) is 0 Å². The molecule has 2 aromatic rings. The van der Waals surface area contributed by atoms with E-state index >= 15 is 0 Å². The van der Waals surface area contributed by atoms with Gasteiger partial charge < -0.3 is 10.6 Å².